The van der Waals surface area contributed by atoms with E-state index < -0.39 is 5.97 Å². The van der Waals surface area contributed by atoms with E-state index >= 15 is 0 Å². The van der Waals surface area contributed by atoms with E-state index in [2.05, 4.69) is 6.58 Å². The maximum absolute atomic E-state index is 10.4. The van der Waals surface area contributed by atoms with Crippen molar-refractivity contribution < 1.29 is 9.90 Å². The summed E-state index contributed by atoms with van der Waals surface area (Å²) in [7, 11) is 0. The molecule has 0 fully saturated rings. The van der Waals surface area contributed by atoms with Crippen LogP contribution in [0.1, 0.15) is 19.8 Å². The number of carbonyl (C=O) groups is 1. The van der Waals surface area contributed by atoms with Gasteiger partial charge in [0.1, 0.15) is 0 Å². The first-order valence-corrected chi connectivity index (χ1v) is 3.25. The third-order valence-corrected chi connectivity index (χ3v) is 1.09. The van der Waals surface area contributed by atoms with Gasteiger partial charge in [0, 0.05) is 5.57 Å². The van der Waals surface area contributed by atoms with Gasteiger partial charge in [0.15, 0.2) is 0 Å². The zero-order valence-electron chi connectivity index (χ0n) is 6.13. The fraction of sp³-hybridized carbons (Fsp3) is 0.375. The molecule has 0 saturated carbocycles. The van der Waals surface area contributed by atoms with Gasteiger partial charge in [0.05, 0.1) is 0 Å². The first-order valence-electron chi connectivity index (χ1n) is 3.25. The predicted octanol–water partition coefficient (Wildman–Crippen LogP) is 1.98. The summed E-state index contributed by atoms with van der Waals surface area (Å²) in [6.07, 6.45) is 4.50. The Morgan fingerprint density at radius 1 is 1.70 bits per heavy atom. The van der Waals surface area contributed by atoms with Crippen LogP contribution in [0.3, 0.4) is 0 Å². The average Bonchev–Trinajstić information content (AvgIpc) is 1.87. The van der Waals surface area contributed by atoms with Crippen LogP contribution in [0.15, 0.2) is 24.3 Å². The third-order valence-electron chi connectivity index (χ3n) is 1.09. The van der Waals surface area contributed by atoms with Crippen molar-refractivity contribution in [1.29, 1.82) is 0 Å². The molecule has 0 aliphatic heterocycles. The van der Waals surface area contributed by atoms with Crippen molar-refractivity contribution in [1.82, 2.24) is 0 Å². The molecule has 0 amide bonds. The Morgan fingerprint density at radius 2 is 2.30 bits per heavy atom. The van der Waals surface area contributed by atoms with Crippen molar-refractivity contribution in [3.8, 4) is 0 Å². The molecule has 2 heteroatoms. The SMILES string of the molecule is C=CC/C(=C\CC)C(=O)O. The lowest BCUT2D eigenvalue weighted by Gasteiger charge is -1.94. The fourth-order valence-electron chi connectivity index (χ4n) is 0.660. The van der Waals surface area contributed by atoms with Gasteiger partial charge in [-0.2, -0.15) is 0 Å². The van der Waals surface area contributed by atoms with Gasteiger partial charge in [0.25, 0.3) is 0 Å². The zero-order chi connectivity index (χ0) is 7.98. The predicted molar refractivity (Wildman–Crippen MR) is 40.8 cm³/mol. The van der Waals surface area contributed by atoms with Crippen LogP contribution in [0.4, 0.5) is 0 Å². The van der Waals surface area contributed by atoms with E-state index in [1.165, 1.54) is 0 Å². The smallest absolute Gasteiger partial charge is 0.331 e. The maximum Gasteiger partial charge on any atom is 0.331 e. The van der Waals surface area contributed by atoms with Crippen molar-refractivity contribution in [3.05, 3.63) is 24.3 Å². The molecule has 0 radical (unpaired) electrons. The van der Waals surface area contributed by atoms with Gasteiger partial charge in [-0.25, -0.2) is 4.79 Å². The Bertz CT molecular complexity index is 157. The second-order valence-electron chi connectivity index (χ2n) is 1.94. The van der Waals surface area contributed by atoms with Gasteiger partial charge in [-0.05, 0) is 12.8 Å². The second kappa shape index (κ2) is 4.79. The number of rotatable bonds is 4. The highest BCUT2D eigenvalue weighted by Crippen LogP contribution is 2.02. The van der Waals surface area contributed by atoms with E-state index in [1.54, 1.807) is 12.2 Å². The van der Waals surface area contributed by atoms with Crippen LogP contribution in [0.2, 0.25) is 0 Å². The van der Waals surface area contributed by atoms with Crippen molar-refractivity contribution >= 4 is 5.97 Å². The minimum absolute atomic E-state index is 0.428. The molecule has 0 aliphatic carbocycles. The van der Waals surface area contributed by atoms with E-state index in [1.807, 2.05) is 6.92 Å². The molecule has 0 atom stereocenters. The van der Waals surface area contributed by atoms with Crippen molar-refractivity contribution in [2.24, 2.45) is 0 Å². The lowest BCUT2D eigenvalue weighted by molar-refractivity contribution is -0.132. The molecule has 0 unspecified atom stereocenters. The lowest BCUT2D eigenvalue weighted by atomic mass is 10.1. The summed E-state index contributed by atoms with van der Waals surface area (Å²) in [4.78, 5) is 10.4. The maximum atomic E-state index is 10.4. The minimum atomic E-state index is -0.846. The van der Waals surface area contributed by atoms with Gasteiger partial charge in [-0.3, -0.25) is 0 Å². The molecule has 56 valence electrons. The Balaban J connectivity index is 4.10. The molecule has 10 heavy (non-hydrogen) atoms. The highest BCUT2D eigenvalue weighted by Gasteiger charge is 2.01. The van der Waals surface area contributed by atoms with E-state index in [4.69, 9.17) is 5.11 Å². The monoisotopic (exact) mass is 140 g/mol. The summed E-state index contributed by atoms with van der Waals surface area (Å²) < 4.78 is 0. The summed E-state index contributed by atoms with van der Waals surface area (Å²) >= 11 is 0. The van der Waals surface area contributed by atoms with Crippen molar-refractivity contribution in [3.63, 3.8) is 0 Å². The Hall–Kier alpha value is -1.05. The van der Waals surface area contributed by atoms with Crippen LogP contribution in [-0.2, 0) is 4.79 Å². The number of aliphatic carboxylic acids is 1. The second-order valence-corrected chi connectivity index (χ2v) is 1.94. The summed E-state index contributed by atoms with van der Waals surface area (Å²) in [5.41, 5.74) is 0.428. The molecule has 1 N–H and O–H groups in total. The lowest BCUT2D eigenvalue weighted by Crippen LogP contribution is -1.98. The first kappa shape index (κ1) is 8.95. The Kier molecular flexibility index (Phi) is 4.29. The van der Waals surface area contributed by atoms with Crippen LogP contribution >= 0.6 is 0 Å². The fourth-order valence-corrected chi connectivity index (χ4v) is 0.660. The summed E-state index contributed by atoms with van der Waals surface area (Å²) in [5, 5.41) is 8.52. The first-order chi connectivity index (χ1) is 4.72. The number of hydrogen-bond donors (Lipinski definition) is 1. The molecule has 0 saturated heterocycles. The van der Waals surface area contributed by atoms with E-state index in [-0.39, 0.29) is 0 Å². The summed E-state index contributed by atoms with van der Waals surface area (Å²) in [6, 6.07) is 0. The van der Waals surface area contributed by atoms with Crippen molar-refractivity contribution in [2.45, 2.75) is 19.8 Å². The molecule has 0 rings (SSSR count). The van der Waals surface area contributed by atoms with Crippen LogP contribution in [0.25, 0.3) is 0 Å². The molecular formula is C8H12O2. The van der Waals surface area contributed by atoms with Gasteiger partial charge in [-0.1, -0.05) is 19.1 Å². The Morgan fingerprint density at radius 3 is 2.60 bits per heavy atom. The number of carboxylic acid groups (broad SMARTS) is 1. The van der Waals surface area contributed by atoms with Gasteiger partial charge < -0.3 is 5.11 Å². The third kappa shape index (κ3) is 3.07. The quantitative estimate of drug-likeness (QED) is 0.479. The molecule has 0 aromatic heterocycles. The van der Waals surface area contributed by atoms with Crippen LogP contribution in [-0.4, -0.2) is 11.1 Å². The molecule has 0 aliphatic rings. The normalized spacial score (nSPS) is 11.1. The number of allylic oxidation sites excluding steroid dienone is 2. The summed E-state index contributed by atoms with van der Waals surface area (Å²) in [5.74, 6) is -0.846. The molecule has 0 heterocycles. The van der Waals surface area contributed by atoms with Crippen molar-refractivity contribution in [2.75, 3.05) is 0 Å². The zero-order valence-corrected chi connectivity index (χ0v) is 6.13. The van der Waals surface area contributed by atoms with Gasteiger partial charge in [-0.15, -0.1) is 6.58 Å². The number of hydrogen-bond acceptors (Lipinski definition) is 1. The highest BCUT2D eigenvalue weighted by molar-refractivity contribution is 5.86. The molecule has 0 spiro atoms. The van der Waals surface area contributed by atoms with E-state index in [9.17, 15) is 4.79 Å². The standard InChI is InChI=1S/C8H12O2/c1-3-5-7(6-4-2)8(9)10/h3,6H,1,4-5H2,2H3,(H,9,10)/b7-6+. The molecule has 2 nitrogen and oxygen atoms in total. The number of carboxylic acids is 1. The Labute approximate surface area is 60.9 Å². The molecular weight excluding hydrogens is 128 g/mol. The average molecular weight is 140 g/mol. The largest absolute Gasteiger partial charge is 0.478 e. The van der Waals surface area contributed by atoms with Crippen LogP contribution in [0.5, 0.6) is 0 Å². The minimum Gasteiger partial charge on any atom is -0.478 e. The highest BCUT2D eigenvalue weighted by atomic mass is 16.4. The summed E-state index contributed by atoms with van der Waals surface area (Å²) in [6.45, 7) is 5.37. The van der Waals surface area contributed by atoms with Gasteiger partial charge in [0.2, 0.25) is 0 Å². The van der Waals surface area contributed by atoms with Crippen LogP contribution in [0, 0.1) is 0 Å². The topological polar surface area (TPSA) is 37.3 Å². The van der Waals surface area contributed by atoms with Gasteiger partial charge >= 0.3 is 5.97 Å². The molecule has 0 aromatic rings. The van der Waals surface area contributed by atoms with E-state index in [0.717, 1.165) is 6.42 Å². The molecule has 0 bridgehead atoms. The molecule has 0 aromatic carbocycles. The van der Waals surface area contributed by atoms with Crippen LogP contribution < -0.4 is 0 Å². The van der Waals surface area contributed by atoms with E-state index in [0.29, 0.717) is 12.0 Å².